The second kappa shape index (κ2) is 6.38. The zero-order valence-electron chi connectivity index (χ0n) is 14.3. The minimum absolute atomic E-state index is 0.0904. The van der Waals surface area contributed by atoms with Crippen LogP contribution in [0.1, 0.15) is 29.6 Å². The number of ether oxygens (including phenoxy) is 1. The van der Waals surface area contributed by atoms with Gasteiger partial charge in [0.05, 0.1) is 13.2 Å². The molecule has 1 aromatic heterocycles. The minimum atomic E-state index is -0.266. The quantitative estimate of drug-likeness (QED) is 0.865. The third kappa shape index (κ3) is 2.83. The molecular weight excluding hydrogens is 314 g/mol. The molecule has 5 nitrogen and oxygen atoms in total. The summed E-state index contributed by atoms with van der Waals surface area (Å²) in [7, 11) is 1.64. The fraction of sp³-hybridized carbons (Fsp3) is 0.400. The largest absolute Gasteiger partial charge is 0.497 e. The van der Waals surface area contributed by atoms with Gasteiger partial charge in [-0.2, -0.15) is 5.26 Å². The van der Waals surface area contributed by atoms with Crippen molar-refractivity contribution in [3.05, 3.63) is 64.1 Å². The highest BCUT2D eigenvalue weighted by Crippen LogP contribution is 2.38. The van der Waals surface area contributed by atoms with Gasteiger partial charge in [0.25, 0.3) is 5.56 Å². The van der Waals surface area contributed by atoms with Crippen molar-refractivity contribution in [2.45, 2.75) is 24.9 Å². The lowest BCUT2D eigenvalue weighted by Crippen LogP contribution is -2.47. The molecule has 0 N–H and O–H groups in total. The summed E-state index contributed by atoms with van der Waals surface area (Å²) in [4.78, 5) is 14.4. The second-order valence-corrected chi connectivity index (χ2v) is 6.96. The summed E-state index contributed by atoms with van der Waals surface area (Å²) in [5.41, 5.74) is 2.20. The van der Waals surface area contributed by atoms with Crippen LogP contribution in [0.3, 0.4) is 0 Å². The number of hydrogen-bond donors (Lipinski definition) is 0. The van der Waals surface area contributed by atoms with Gasteiger partial charge in [-0.3, -0.25) is 9.69 Å². The van der Waals surface area contributed by atoms with Gasteiger partial charge in [-0.1, -0.05) is 18.2 Å². The molecule has 0 aliphatic carbocycles. The van der Waals surface area contributed by atoms with Gasteiger partial charge >= 0.3 is 0 Å². The highest BCUT2D eigenvalue weighted by molar-refractivity contribution is 5.32. The minimum Gasteiger partial charge on any atom is -0.497 e. The van der Waals surface area contributed by atoms with Gasteiger partial charge in [0.1, 0.15) is 11.8 Å². The molecule has 0 unspecified atom stereocenters. The first-order chi connectivity index (χ1) is 12.2. The van der Waals surface area contributed by atoms with E-state index >= 15 is 0 Å². The Labute approximate surface area is 147 Å². The molecular formula is C20H21N3O2. The van der Waals surface area contributed by atoms with Crippen molar-refractivity contribution in [1.82, 2.24) is 9.47 Å². The zero-order chi connectivity index (χ0) is 17.4. The lowest BCUT2D eigenvalue weighted by Gasteiger charge is -2.44. The number of aromatic nitrogens is 1. The molecule has 0 amide bonds. The summed E-state index contributed by atoms with van der Waals surface area (Å²) in [6.45, 7) is 2.41. The van der Waals surface area contributed by atoms with E-state index in [0.29, 0.717) is 11.8 Å². The fourth-order valence-electron chi connectivity index (χ4n) is 4.30. The number of fused-ring (bicyclic) bond motifs is 4. The predicted molar refractivity (Wildman–Crippen MR) is 94.5 cm³/mol. The molecule has 2 aliphatic heterocycles. The van der Waals surface area contributed by atoms with E-state index in [2.05, 4.69) is 17.0 Å². The number of hydrogen-bond acceptors (Lipinski definition) is 4. The Morgan fingerprint density at radius 2 is 1.96 bits per heavy atom. The standard InChI is InChI=1S/C20H21N3O2/c1-25-17-7-5-15(6-8-17)19(10-21)22-11-14-9-16(13-22)18-3-2-4-20(24)23(18)12-14/h2-8,14,16,19H,9,11-13H2,1H3/t14-,16-,19-/m1/s1. The highest BCUT2D eigenvalue weighted by atomic mass is 16.5. The Bertz CT molecular complexity index is 866. The number of benzene rings is 1. The molecule has 2 aromatic rings. The van der Waals surface area contributed by atoms with E-state index in [1.165, 1.54) is 0 Å². The highest BCUT2D eigenvalue weighted by Gasteiger charge is 2.37. The van der Waals surface area contributed by atoms with Crippen LogP contribution < -0.4 is 10.3 Å². The van der Waals surface area contributed by atoms with E-state index < -0.39 is 0 Å². The van der Waals surface area contributed by atoms with E-state index in [1.807, 2.05) is 34.9 Å². The molecule has 0 saturated carbocycles. The molecule has 2 bridgehead atoms. The van der Waals surface area contributed by atoms with E-state index in [1.54, 1.807) is 13.2 Å². The van der Waals surface area contributed by atoms with Crippen LogP contribution in [0.15, 0.2) is 47.3 Å². The number of nitriles is 1. The molecule has 5 heteroatoms. The molecule has 1 aromatic carbocycles. The smallest absolute Gasteiger partial charge is 0.250 e. The third-order valence-electron chi connectivity index (χ3n) is 5.43. The molecule has 1 fully saturated rings. The molecule has 25 heavy (non-hydrogen) atoms. The molecule has 4 rings (SSSR count). The van der Waals surface area contributed by atoms with Crippen LogP contribution in [-0.2, 0) is 6.54 Å². The van der Waals surface area contributed by atoms with E-state index in [0.717, 1.165) is 43.1 Å². The van der Waals surface area contributed by atoms with Crippen molar-refractivity contribution in [2.75, 3.05) is 20.2 Å². The van der Waals surface area contributed by atoms with Crippen molar-refractivity contribution in [2.24, 2.45) is 5.92 Å². The SMILES string of the molecule is COc1ccc([C@@H](C#N)N2C[C@H]3C[C@H](C2)c2cccc(=O)n2C3)cc1. The second-order valence-electron chi connectivity index (χ2n) is 6.96. The Morgan fingerprint density at radius 1 is 1.16 bits per heavy atom. The van der Waals surface area contributed by atoms with Gasteiger partial charge in [0, 0.05) is 37.3 Å². The number of piperidine rings is 1. The van der Waals surface area contributed by atoms with Crippen LogP contribution in [0.2, 0.25) is 0 Å². The fourth-order valence-corrected chi connectivity index (χ4v) is 4.30. The van der Waals surface area contributed by atoms with Gasteiger partial charge in [0.2, 0.25) is 0 Å². The van der Waals surface area contributed by atoms with Crippen molar-refractivity contribution >= 4 is 0 Å². The molecule has 3 heterocycles. The topological polar surface area (TPSA) is 58.3 Å². The Hall–Kier alpha value is -2.58. The summed E-state index contributed by atoms with van der Waals surface area (Å²) in [6, 6.07) is 15.5. The number of nitrogens with zero attached hydrogens (tertiary/aromatic N) is 3. The predicted octanol–water partition coefficient (Wildman–Crippen LogP) is 2.54. The molecule has 2 aliphatic rings. The maximum Gasteiger partial charge on any atom is 0.250 e. The number of rotatable bonds is 3. The lowest BCUT2D eigenvalue weighted by atomic mass is 9.82. The van der Waals surface area contributed by atoms with Gasteiger partial charge in [-0.05, 0) is 36.1 Å². The van der Waals surface area contributed by atoms with Gasteiger partial charge in [-0.15, -0.1) is 0 Å². The summed E-state index contributed by atoms with van der Waals surface area (Å²) < 4.78 is 7.13. The number of likely N-dealkylation sites (tertiary alicyclic amines) is 1. The van der Waals surface area contributed by atoms with Crippen LogP contribution in [0, 0.1) is 17.2 Å². The van der Waals surface area contributed by atoms with E-state index in [9.17, 15) is 10.1 Å². The first kappa shape index (κ1) is 15.9. The van der Waals surface area contributed by atoms with E-state index in [-0.39, 0.29) is 11.6 Å². The summed E-state index contributed by atoms with van der Waals surface area (Å²) in [5, 5.41) is 9.78. The monoisotopic (exact) mass is 335 g/mol. The lowest BCUT2D eigenvalue weighted by molar-refractivity contribution is 0.100. The van der Waals surface area contributed by atoms with Crippen LogP contribution in [0.4, 0.5) is 0 Å². The zero-order valence-corrected chi connectivity index (χ0v) is 14.3. The third-order valence-corrected chi connectivity index (χ3v) is 5.43. The molecule has 1 saturated heterocycles. The normalized spacial score (nSPS) is 23.4. The van der Waals surface area contributed by atoms with Crippen LogP contribution in [0.5, 0.6) is 5.75 Å². The maximum absolute atomic E-state index is 12.1. The maximum atomic E-state index is 12.1. The van der Waals surface area contributed by atoms with Crippen LogP contribution >= 0.6 is 0 Å². The molecule has 128 valence electrons. The van der Waals surface area contributed by atoms with Crippen LogP contribution in [0.25, 0.3) is 0 Å². The van der Waals surface area contributed by atoms with Gasteiger partial charge in [-0.25, -0.2) is 0 Å². The Kier molecular flexibility index (Phi) is 4.06. The summed E-state index contributed by atoms with van der Waals surface area (Å²) >= 11 is 0. The molecule has 0 radical (unpaired) electrons. The van der Waals surface area contributed by atoms with E-state index in [4.69, 9.17) is 4.74 Å². The van der Waals surface area contributed by atoms with Crippen molar-refractivity contribution in [1.29, 1.82) is 5.26 Å². The molecule has 3 atom stereocenters. The average Bonchev–Trinajstić information content (AvgIpc) is 2.64. The Balaban J connectivity index is 1.62. The van der Waals surface area contributed by atoms with Gasteiger partial charge < -0.3 is 9.30 Å². The van der Waals surface area contributed by atoms with Crippen molar-refractivity contribution < 1.29 is 4.74 Å². The molecule has 0 spiro atoms. The Morgan fingerprint density at radius 3 is 2.68 bits per heavy atom. The summed E-state index contributed by atoms with van der Waals surface area (Å²) in [5.74, 6) is 1.53. The number of methoxy groups -OCH3 is 1. The first-order valence-electron chi connectivity index (χ1n) is 8.67. The van der Waals surface area contributed by atoms with Crippen molar-refractivity contribution in [3.8, 4) is 11.8 Å². The van der Waals surface area contributed by atoms with Crippen molar-refractivity contribution in [3.63, 3.8) is 0 Å². The van der Waals surface area contributed by atoms with Gasteiger partial charge in [0.15, 0.2) is 0 Å². The summed E-state index contributed by atoms with van der Waals surface area (Å²) in [6.07, 6.45) is 1.10. The van der Waals surface area contributed by atoms with Crippen LogP contribution in [-0.4, -0.2) is 29.7 Å². The average molecular weight is 335 g/mol. The first-order valence-corrected chi connectivity index (χ1v) is 8.67. The number of pyridine rings is 1.